The van der Waals surface area contributed by atoms with Crippen LogP contribution in [0.15, 0.2) is 24.3 Å². The van der Waals surface area contributed by atoms with Crippen molar-refractivity contribution >= 4 is 22.6 Å². The number of benzene rings is 1. The van der Waals surface area contributed by atoms with Crippen LogP contribution in [0.4, 0.5) is 0 Å². The van der Waals surface area contributed by atoms with E-state index in [9.17, 15) is 9.59 Å². The van der Waals surface area contributed by atoms with E-state index in [1.165, 1.54) is 0 Å². The van der Waals surface area contributed by atoms with E-state index in [0.29, 0.717) is 5.56 Å². The van der Waals surface area contributed by atoms with Gasteiger partial charge in [-0.1, -0.05) is 18.2 Å². The number of ketones is 1. The molecule has 1 aromatic carbocycles. The Bertz CT molecular complexity index is 718. The number of fused-ring (bicyclic) bond motifs is 1. The Labute approximate surface area is 137 Å². The van der Waals surface area contributed by atoms with Crippen LogP contribution >= 0.6 is 0 Å². The van der Waals surface area contributed by atoms with Gasteiger partial charge in [0, 0.05) is 28.2 Å². The monoisotopic (exact) mass is 315 g/mol. The van der Waals surface area contributed by atoms with Gasteiger partial charge in [-0.15, -0.1) is 0 Å². The van der Waals surface area contributed by atoms with Crippen molar-refractivity contribution in [2.24, 2.45) is 0 Å². The van der Waals surface area contributed by atoms with Gasteiger partial charge in [0.25, 0.3) is 0 Å². The molecule has 0 saturated carbocycles. The third-order valence-electron chi connectivity index (χ3n) is 4.02. The lowest BCUT2D eigenvalue weighted by atomic mass is 10.0. The van der Waals surface area contributed by atoms with E-state index in [1.807, 2.05) is 52.0 Å². The molecule has 0 aliphatic rings. The quantitative estimate of drug-likeness (QED) is 0.805. The molecular weight excluding hydrogens is 290 g/mol. The maximum Gasteiger partial charge on any atom is 0.234 e. The molecule has 2 rings (SSSR count). The van der Waals surface area contributed by atoms with Gasteiger partial charge >= 0.3 is 0 Å². The molecule has 0 unspecified atom stereocenters. The molecule has 0 aliphatic heterocycles. The Balaban J connectivity index is 2.18. The number of H-pyrrole nitrogens is 1. The SMILES string of the molecule is Cc1[nH]c2ccccc2c1C(=O)[C@@H](C)N(C)CC(=O)NC(C)C. The van der Waals surface area contributed by atoms with Crippen molar-refractivity contribution in [3.8, 4) is 0 Å². The summed E-state index contributed by atoms with van der Waals surface area (Å²) in [5.74, 6) is -0.0439. The average Bonchev–Trinajstić information content (AvgIpc) is 2.80. The van der Waals surface area contributed by atoms with E-state index in [4.69, 9.17) is 0 Å². The highest BCUT2D eigenvalue weighted by Crippen LogP contribution is 2.24. The predicted molar refractivity (Wildman–Crippen MR) is 92.7 cm³/mol. The zero-order valence-corrected chi connectivity index (χ0v) is 14.4. The van der Waals surface area contributed by atoms with Crippen LogP contribution < -0.4 is 5.32 Å². The molecule has 1 heterocycles. The molecule has 124 valence electrons. The van der Waals surface area contributed by atoms with Gasteiger partial charge in [0.1, 0.15) is 0 Å². The Kier molecular flexibility index (Phi) is 5.21. The number of likely N-dealkylation sites (N-methyl/N-ethyl adjacent to an activating group) is 1. The maximum atomic E-state index is 12.9. The first-order chi connectivity index (χ1) is 10.8. The average molecular weight is 315 g/mol. The smallest absolute Gasteiger partial charge is 0.234 e. The van der Waals surface area contributed by atoms with Crippen molar-refractivity contribution in [3.63, 3.8) is 0 Å². The number of aromatic nitrogens is 1. The first kappa shape index (κ1) is 17.2. The van der Waals surface area contributed by atoms with E-state index in [1.54, 1.807) is 11.9 Å². The number of rotatable bonds is 6. The normalized spacial score (nSPS) is 12.8. The first-order valence-corrected chi connectivity index (χ1v) is 7.92. The van der Waals surface area contributed by atoms with Gasteiger partial charge < -0.3 is 10.3 Å². The lowest BCUT2D eigenvalue weighted by Crippen LogP contribution is -2.44. The molecule has 0 saturated heterocycles. The third kappa shape index (κ3) is 3.79. The number of carbonyl (C=O) groups excluding carboxylic acids is 2. The fraction of sp³-hybridized carbons (Fsp3) is 0.444. The lowest BCUT2D eigenvalue weighted by molar-refractivity contribution is -0.122. The summed E-state index contributed by atoms with van der Waals surface area (Å²) in [6.45, 7) is 7.79. The Morgan fingerprint density at radius 2 is 1.87 bits per heavy atom. The minimum Gasteiger partial charge on any atom is -0.358 e. The van der Waals surface area contributed by atoms with Gasteiger partial charge in [0.2, 0.25) is 5.91 Å². The second-order valence-corrected chi connectivity index (χ2v) is 6.35. The van der Waals surface area contributed by atoms with Crippen molar-refractivity contribution < 1.29 is 9.59 Å². The molecule has 1 amide bonds. The highest BCUT2D eigenvalue weighted by Gasteiger charge is 2.25. The van der Waals surface area contributed by atoms with Crippen molar-refractivity contribution in [2.45, 2.75) is 39.8 Å². The van der Waals surface area contributed by atoms with Crippen molar-refractivity contribution in [1.82, 2.24) is 15.2 Å². The van der Waals surface area contributed by atoms with Crippen LogP contribution in [0, 0.1) is 6.92 Å². The number of Topliss-reactive ketones (excluding diaryl/α,β-unsaturated/α-hetero) is 1. The summed E-state index contributed by atoms with van der Waals surface area (Å²) in [5, 5.41) is 3.78. The topological polar surface area (TPSA) is 65.2 Å². The summed E-state index contributed by atoms with van der Waals surface area (Å²) in [6, 6.07) is 7.51. The molecule has 5 nitrogen and oxygen atoms in total. The van der Waals surface area contributed by atoms with Gasteiger partial charge in [-0.25, -0.2) is 0 Å². The number of hydrogen-bond acceptors (Lipinski definition) is 3. The van der Waals surface area contributed by atoms with Crippen LogP contribution in [-0.2, 0) is 4.79 Å². The zero-order valence-electron chi connectivity index (χ0n) is 14.4. The first-order valence-electron chi connectivity index (χ1n) is 7.92. The van der Waals surface area contributed by atoms with Crippen LogP contribution in [0.2, 0.25) is 0 Å². The van der Waals surface area contributed by atoms with E-state index >= 15 is 0 Å². The number of nitrogens with one attached hydrogen (secondary N) is 2. The third-order valence-corrected chi connectivity index (χ3v) is 4.02. The van der Waals surface area contributed by atoms with E-state index < -0.39 is 0 Å². The maximum absolute atomic E-state index is 12.9. The highest BCUT2D eigenvalue weighted by molar-refractivity contribution is 6.11. The number of aromatic amines is 1. The Hall–Kier alpha value is -2.14. The number of para-hydroxylation sites is 1. The highest BCUT2D eigenvalue weighted by atomic mass is 16.2. The van der Waals surface area contributed by atoms with Crippen molar-refractivity contribution in [3.05, 3.63) is 35.5 Å². The van der Waals surface area contributed by atoms with Crippen molar-refractivity contribution in [1.29, 1.82) is 0 Å². The predicted octanol–water partition coefficient (Wildman–Crippen LogP) is 2.50. The molecule has 1 aromatic heterocycles. The molecule has 1 atom stereocenters. The molecular formula is C18H25N3O2. The fourth-order valence-electron chi connectivity index (χ4n) is 2.73. The van der Waals surface area contributed by atoms with Crippen LogP contribution in [-0.4, -0.2) is 47.3 Å². The number of aryl methyl sites for hydroxylation is 1. The van der Waals surface area contributed by atoms with E-state index in [0.717, 1.165) is 16.6 Å². The van der Waals surface area contributed by atoms with Gasteiger partial charge in [0.15, 0.2) is 5.78 Å². The van der Waals surface area contributed by atoms with Gasteiger partial charge in [0.05, 0.1) is 12.6 Å². The second kappa shape index (κ2) is 6.96. The van der Waals surface area contributed by atoms with Crippen LogP contribution in [0.3, 0.4) is 0 Å². The minimum atomic E-state index is -0.370. The molecule has 5 heteroatoms. The molecule has 0 spiro atoms. The van der Waals surface area contributed by atoms with Gasteiger partial charge in [-0.05, 0) is 40.8 Å². The standard InChI is InChI=1S/C18H25N3O2/c1-11(2)19-16(22)10-21(5)13(4)18(23)17-12(3)20-15-9-7-6-8-14(15)17/h6-9,11,13,20H,10H2,1-5H3,(H,19,22)/t13-/m1/s1. The van der Waals surface area contributed by atoms with Gasteiger partial charge in [-0.2, -0.15) is 0 Å². The molecule has 0 bridgehead atoms. The summed E-state index contributed by atoms with van der Waals surface area (Å²) in [7, 11) is 1.80. The molecule has 2 aromatic rings. The minimum absolute atomic E-state index is 0.0276. The number of hydrogen-bond donors (Lipinski definition) is 2. The summed E-state index contributed by atoms with van der Waals surface area (Å²) in [5.41, 5.74) is 2.54. The van der Waals surface area contributed by atoms with Gasteiger partial charge in [-0.3, -0.25) is 14.5 Å². The Morgan fingerprint density at radius 1 is 1.22 bits per heavy atom. The molecule has 0 fully saturated rings. The fourth-order valence-corrected chi connectivity index (χ4v) is 2.73. The number of nitrogens with zero attached hydrogens (tertiary/aromatic N) is 1. The zero-order chi connectivity index (χ0) is 17.1. The second-order valence-electron chi connectivity index (χ2n) is 6.35. The summed E-state index contributed by atoms with van der Waals surface area (Å²) < 4.78 is 0. The number of amides is 1. The lowest BCUT2D eigenvalue weighted by Gasteiger charge is -2.23. The molecule has 0 aliphatic carbocycles. The largest absolute Gasteiger partial charge is 0.358 e. The Morgan fingerprint density at radius 3 is 2.52 bits per heavy atom. The van der Waals surface area contributed by atoms with Crippen molar-refractivity contribution in [2.75, 3.05) is 13.6 Å². The summed E-state index contributed by atoms with van der Waals surface area (Å²) in [6.07, 6.45) is 0. The van der Waals surface area contributed by atoms with E-state index in [2.05, 4.69) is 10.3 Å². The summed E-state index contributed by atoms with van der Waals surface area (Å²) in [4.78, 5) is 29.8. The van der Waals surface area contributed by atoms with Crippen LogP contribution in [0.5, 0.6) is 0 Å². The van der Waals surface area contributed by atoms with E-state index in [-0.39, 0.29) is 30.3 Å². The molecule has 23 heavy (non-hydrogen) atoms. The molecule has 0 radical (unpaired) electrons. The number of carbonyl (C=O) groups is 2. The van der Waals surface area contributed by atoms with Crippen LogP contribution in [0.25, 0.3) is 10.9 Å². The van der Waals surface area contributed by atoms with Crippen LogP contribution in [0.1, 0.15) is 36.8 Å². The molecule has 2 N–H and O–H groups in total. The summed E-state index contributed by atoms with van der Waals surface area (Å²) >= 11 is 0.